The Labute approximate surface area is 150 Å². The molecule has 1 aromatic carbocycles. The van der Waals surface area contributed by atoms with Crippen LogP contribution in [0, 0.1) is 23.0 Å². The smallest absolute Gasteiger partial charge is 0.330 e. The molecule has 0 radical (unpaired) electrons. The fourth-order valence-electron chi connectivity index (χ4n) is 3.98. The SMILES string of the molecule is CCOC1CC(NC(=O)C2CC2c2cccc(F)c2F)(C(=O)O)C1(C)C. The molecule has 7 heteroatoms. The summed E-state index contributed by atoms with van der Waals surface area (Å²) in [6.45, 7) is 5.79. The summed E-state index contributed by atoms with van der Waals surface area (Å²) in [6.07, 6.45) is 0.289. The molecule has 4 atom stereocenters. The number of nitrogens with one attached hydrogen (secondary N) is 1. The Morgan fingerprint density at radius 1 is 1.35 bits per heavy atom. The minimum absolute atomic E-state index is 0.162. The summed E-state index contributed by atoms with van der Waals surface area (Å²) in [6, 6.07) is 3.89. The summed E-state index contributed by atoms with van der Waals surface area (Å²) >= 11 is 0. The molecule has 0 spiro atoms. The number of amides is 1. The van der Waals surface area contributed by atoms with E-state index in [-0.39, 0.29) is 18.1 Å². The van der Waals surface area contributed by atoms with E-state index in [1.54, 1.807) is 13.8 Å². The van der Waals surface area contributed by atoms with Gasteiger partial charge >= 0.3 is 5.97 Å². The predicted octanol–water partition coefficient (Wildman–Crippen LogP) is 2.84. The second-order valence-corrected chi connectivity index (χ2v) is 7.66. The number of hydrogen-bond donors (Lipinski definition) is 2. The van der Waals surface area contributed by atoms with Crippen molar-refractivity contribution in [2.75, 3.05) is 6.61 Å². The zero-order valence-electron chi connectivity index (χ0n) is 15.0. The molecule has 3 rings (SSSR count). The van der Waals surface area contributed by atoms with Crippen LogP contribution in [0.3, 0.4) is 0 Å². The van der Waals surface area contributed by atoms with Gasteiger partial charge < -0.3 is 15.2 Å². The highest BCUT2D eigenvalue weighted by Gasteiger charge is 2.67. The largest absolute Gasteiger partial charge is 0.479 e. The summed E-state index contributed by atoms with van der Waals surface area (Å²) in [4.78, 5) is 24.5. The third-order valence-corrected chi connectivity index (χ3v) is 5.97. The lowest BCUT2D eigenvalue weighted by molar-refractivity contribution is -0.194. The molecule has 0 bridgehead atoms. The van der Waals surface area contributed by atoms with Crippen LogP contribution in [0.2, 0.25) is 0 Å². The molecule has 0 aliphatic heterocycles. The molecule has 2 fully saturated rings. The Morgan fingerprint density at radius 2 is 2.04 bits per heavy atom. The number of carboxylic acids is 1. The number of aliphatic carboxylic acids is 1. The number of hydrogen-bond acceptors (Lipinski definition) is 3. The monoisotopic (exact) mass is 367 g/mol. The maximum Gasteiger partial charge on any atom is 0.330 e. The highest BCUT2D eigenvalue weighted by Crippen LogP contribution is 2.54. The van der Waals surface area contributed by atoms with Crippen molar-refractivity contribution >= 4 is 11.9 Å². The number of carboxylic acid groups (broad SMARTS) is 1. The maximum atomic E-state index is 13.9. The van der Waals surface area contributed by atoms with Gasteiger partial charge in [-0.2, -0.15) is 0 Å². The van der Waals surface area contributed by atoms with Gasteiger partial charge in [-0.15, -0.1) is 0 Å². The van der Waals surface area contributed by atoms with Crippen LogP contribution in [-0.2, 0) is 14.3 Å². The van der Waals surface area contributed by atoms with Crippen molar-refractivity contribution in [2.24, 2.45) is 11.3 Å². The predicted molar refractivity (Wildman–Crippen MR) is 89.5 cm³/mol. The normalized spacial score (nSPS) is 31.8. The van der Waals surface area contributed by atoms with Crippen LogP contribution in [0.4, 0.5) is 8.78 Å². The topological polar surface area (TPSA) is 75.6 Å². The van der Waals surface area contributed by atoms with E-state index in [4.69, 9.17) is 4.74 Å². The zero-order chi connectivity index (χ0) is 19.3. The minimum atomic E-state index is -1.42. The number of ether oxygens (including phenoxy) is 1. The summed E-state index contributed by atoms with van der Waals surface area (Å²) < 4.78 is 32.9. The molecule has 0 heterocycles. The Balaban J connectivity index is 1.74. The Hall–Kier alpha value is -2.02. The number of rotatable bonds is 6. The van der Waals surface area contributed by atoms with Gasteiger partial charge in [0.1, 0.15) is 5.54 Å². The Morgan fingerprint density at radius 3 is 2.62 bits per heavy atom. The third kappa shape index (κ3) is 2.69. The first-order valence-electron chi connectivity index (χ1n) is 8.76. The Kier molecular flexibility index (Phi) is 4.55. The standard InChI is InChI=1S/C19H23F2NO4/c1-4-26-14-9-19(17(24)25,18(14,2)3)22-16(23)12-8-11(12)10-6-5-7-13(20)15(10)21/h5-7,11-12,14H,4,8-9H2,1-3H3,(H,22,23)(H,24,25). The molecule has 2 aliphatic rings. The van der Waals surface area contributed by atoms with E-state index < -0.39 is 46.3 Å². The summed E-state index contributed by atoms with van der Waals surface area (Å²) in [7, 11) is 0. The van der Waals surface area contributed by atoms with Crippen LogP contribution < -0.4 is 5.32 Å². The van der Waals surface area contributed by atoms with Crippen LogP contribution in [0.25, 0.3) is 0 Å². The average molecular weight is 367 g/mol. The number of carbonyl (C=O) groups excluding carboxylic acids is 1. The molecule has 0 aromatic heterocycles. The molecular formula is C19H23F2NO4. The van der Waals surface area contributed by atoms with Gasteiger partial charge in [-0.05, 0) is 30.9 Å². The lowest BCUT2D eigenvalue weighted by Gasteiger charge is -2.58. The fourth-order valence-corrected chi connectivity index (χ4v) is 3.98. The van der Waals surface area contributed by atoms with E-state index in [1.165, 1.54) is 12.1 Å². The Bertz CT molecular complexity index is 751. The van der Waals surface area contributed by atoms with Crippen molar-refractivity contribution in [1.82, 2.24) is 5.32 Å². The van der Waals surface area contributed by atoms with Gasteiger partial charge in [0.2, 0.25) is 5.91 Å². The van der Waals surface area contributed by atoms with Crippen LogP contribution >= 0.6 is 0 Å². The summed E-state index contributed by atoms with van der Waals surface area (Å²) in [5.41, 5.74) is -2.04. The molecule has 2 aliphatic carbocycles. The average Bonchev–Trinajstić information content (AvgIpc) is 3.36. The summed E-state index contributed by atoms with van der Waals surface area (Å²) in [5, 5.41) is 12.4. The van der Waals surface area contributed by atoms with Gasteiger partial charge in [0, 0.05) is 24.4 Å². The van der Waals surface area contributed by atoms with Crippen LogP contribution in [0.1, 0.15) is 45.1 Å². The highest BCUT2D eigenvalue weighted by molar-refractivity contribution is 5.92. The lowest BCUT2D eigenvalue weighted by Crippen LogP contribution is -2.76. The molecule has 2 saturated carbocycles. The van der Waals surface area contributed by atoms with Crippen LogP contribution in [0.15, 0.2) is 18.2 Å². The number of halogens is 2. The lowest BCUT2D eigenvalue weighted by atomic mass is 9.54. The third-order valence-electron chi connectivity index (χ3n) is 5.97. The van der Waals surface area contributed by atoms with Crippen molar-refractivity contribution in [3.8, 4) is 0 Å². The number of benzene rings is 1. The van der Waals surface area contributed by atoms with Gasteiger partial charge in [0.15, 0.2) is 11.6 Å². The van der Waals surface area contributed by atoms with Gasteiger partial charge in [-0.25, -0.2) is 13.6 Å². The second kappa shape index (κ2) is 6.30. The van der Waals surface area contributed by atoms with Crippen LogP contribution in [-0.4, -0.2) is 35.2 Å². The highest BCUT2D eigenvalue weighted by atomic mass is 19.2. The summed E-state index contributed by atoms with van der Waals surface area (Å²) in [5.74, 6) is -4.42. The number of carbonyl (C=O) groups is 2. The van der Waals surface area contributed by atoms with E-state index in [0.717, 1.165) is 6.07 Å². The first-order valence-corrected chi connectivity index (χ1v) is 8.76. The van der Waals surface area contributed by atoms with E-state index in [0.29, 0.717) is 13.0 Å². The quantitative estimate of drug-likeness (QED) is 0.811. The van der Waals surface area contributed by atoms with E-state index in [1.807, 2.05) is 6.92 Å². The zero-order valence-corrected chi connectivity index (χ0v) is 15.0. The fraction of sp³-hybridized carbons (Fsp3) is 0.579. The first kappa shape index (κ1) is 18.8. The molecule has 26 heavy (non-hydrogen) atoms. The van der Waals surface area contributed by atoms with Crippen molar-refractivity contribution in [1.29, 1.82) is 0 Å². The molecule has 4 unspecified atom stereocenters. The maximum absolute atomic E-state index is 13.9. The van der Waals surface area contributed by atoms with Gasteiger partial charge in [-0.1, -0.05) is 26.0 Å². The van der Waals surface area contributed by atoms with E-state index in [9.17, 15) is 23.5 Å². The van der Waals surface area contributed by atoms with Crippen molar-refractivity contribution in [3.63, 3.8) is 0 Å². The molecule has 1 aromatic rings. The minimum Gasteiger partial charge on any atom is -0.479 e. The second-order valence-electron chi connectivity index (χ2n) is 7.66. The first-order chi connectivity index (χ1) is 12.2. The van der Waals surface area contributed by atoms with Crippen molar-refractivity contribution in [3.05, 3.63) is 35.4 Å². The van der Waals surface area contributed by atoms with Crippen molar-refractivity contribution < 1.29 is 28.2 Å². The van der Waals surface area contributed by atoms with Gasteiger partial charge in [0.25, 0.3) is 0 Å². The van der Waals surface area contributed by atoms with E-state index in [2.05, 4.69) is 5.32 Å². The molecular weight excluding hydrogens is 344 g/mol. The molecule has 1 amide bonds. The molecule has 2 N–H and O–H groups in total. The molecule has 0 saturated heterocycles. The van der Waals surface area contributed by atoms with E-state index >= 15 is 0 Å². The molecule has 5 nitrogen and oxygen atoms in total. The molecule has 142 valence electrons. The van der Waals surface area contributed by atoms with Crippen LogP contribution in [0.5, 0.6) is 0 Å². The van der Waals surface area contributed by atoms with Gasteiger partial charge in [0.05, 0.1) is 6.10 Å². The van der Waals surface area contributed by atoms with Crippen molar-refractivity contribution in [2.45, 2.75) is 51.2 Å². The van der Waals surface area contributed by atoms with Gasteiger partial charge in [-0.3, -0.25) is 4.79 Å².